The Bertz CT molecular complexity index is 514. The van der Waals surface area contributed by atoms with E-state index < -0.39 is 0 Å². The van der Waals surface area contributed by atoms with E-state index in [1.54, 1.807) is 11.3 Å². The molecule has 3 nitrogen and oxygen atoms in total. The topological polar surface area (TPSA) is 37.0 Å². The number of aromatic nitrogens is 1. The van der Waals surface area contributed by atoms with Crippen LogP contribution in [0.1, 0.15) is 25.3 Å². The van der Waals surface area contributed by atoms with Gasteiger partial charge in [0, 0.05) is 18.1 Å². The smallest absolute Gasteiger partial charge is 0.108 e. The van der Waals surface area contributed by atoms with Crippen molar-refractivity contribution in [1.29, 1.82) is 0 Å². The van der Waals surface area contributed by atoms with Crippen LogP contribution in [-0.4, -0.2) is 23.1 Å². The second kappa shape index (κ2) is 4.61. The van der Waals surface area contributed by atoms with E-state index >= 15 is 0 Å². The fraction of sp³-hybridized carbons (Fsp3) is 0.500. The van der Waals surface area contributed by atoms with Crippen LogP contribution in [0.25, 0.3) is 10.2 Å². The molecule has 0 amide bonds. The fourth-order valence-corrected chi connectivity index (χ4v) is 3.50. The Morgan fingerprint density at radius 2 is 2.28 bits per heavy atom. The van der Waals surface area contributed by atoms with Crippen molar-refractivity contribution in [2.75, 3.05) is 6.54 Å². The molecule has 0 aliphatic carbocycles. The summed E-state index contributed by atoms with van der Waals surface area (Å²) in [6.07, 6.45) is 1.19. The standard InChI is InChI=1S/C14H19N3S/c1-14(2)12(7-8-16-14)15-9-13-17-10-5-3-4-6-11(10)18-13/h3-6,12,15-16H,7-9H2,1-2H3. The van der Waals surface area contributed by atoms with Gasteiger partial charge < -0.3 is 10.6 Å². The van der Waals surface area contributed by atoms with Crippen molar-refractivity contribution in [2.24, 2.45) is 0 Å². The number of benzene rings is 1. The molecule has 1 aromatic heterocycles. The van der Waals surface area contributed by atoms with Gasteiger partial charge in [-0.1, -0.05) is 12.1 Å². The van der Waals surface area contributed by atoms with Gasteiger partial charge in [-0.05, 0) is 38.9 Å². The van der Waals surface area contributed by atoms with Crippen molar-refractivity contribution in [1.82, 2.24) is 15.6 Å². The summed E-state index contributed by atoms with van der Waals surface area (Å²) in [4.78, 5) is 4.66. The van der Waals surface area contributed by atoms with E-state index in [4.69, 9.17) is 0 Å². The van der Waals surface area contributed by atoms with Gasteiger partial charge in [0.1, 0.15) is 5.01 Å². The molecule has 1 aliphatic heterocycles. The summed E-state index contributed by atoms with van der Waals surface area (Å²) in [5, 5.41) is 8.34. The van der Waals surface area contributed by atoms with Crippen molar-refractivity contribution in [3.8, 4) is 0 Å². The Morgan fingerprint density at radius 1 is 1.44 bits per heavy atom. The molecule has 0 spiro atoms. The molecule has 0 radical (unpaired) electrons. The van der Waals surface area contributed by atoms with Crippen LogP contribution in [0.2, 0.25) is 0 Å². The molecular formula is C14H19N3S. The maximum Gasteiger partial charge on any atom is 0.108 e. The van der Waals surface area contributed by atoms with E-state index in [9.17, 15) is 0 Å². The molecule has 1 unspecified atom stereocenters. The van der Waals surface area contributed by atoms with Crippen LogP contribution >= 0.6 is 11.3 Å². The molecule has 0 bridgehead atoms. The van der Waals surface area contributed by atoms with Crippen LogP contribution in [-0.2, 0) is 6.54 Å². The van der Waals surface area contributed by atoms with Gasteiger partial charge in [0.15, 0.2) is 0 Å². The summed E-state index contributed by atoms with van der Waals surface area (Å²) in [7, 11) is 0. The van der Waals surface area contributed by atoms with Crippen molar-refractivity contribution in [3.05, 3.63) is 29.3 Å². The van der Waals surface area contributed by atoms with Gasteiger partial charge in [-0.3, -0.25) is 0 Å². The Kier molecular flexibility index (Phi) is 3.09. The lowest BCUT2D eigenvalue weighted by Gasteiger charge is -2.27. The summed E-state index contributed by atoms with van der Waals surface area (Å²) in [5.74, 6) is 0. The average molecular weight is 261 g/mol. The maximum atomic E-state index is 4.66. The van der Waals surface area contributed by atoms with E-state index in [1.807, 2.05) is 6.07 Å². The van der Waals surface area contributed by atoms with Crippen LogP contribution in [0, 0.1) is 0 Å². The molecule has 1 aromatic carbocycles. The van der Waals surface area contributed by atoms with Crippen molar-refractivity contribution >= 4 is 21.6 Å². The van der Waals surface area contributed by atoms with E-state index in [0.717, 1.165) is 18.6 Å². The average Bonchev–Trinajstić information content (AvgIpc) is 2.89. The number of nitrogens with zero attached hydrogens (tertiary/aromatic N) is 1. The number of thiazole rings is 1. The maximum absolute atomic E-state index is 4.66. The van der Waals surface area contributed by atoms with E-state index in [1.165, 1.54) is 16.1 Å². The molecule has 2 aromatic rings. The minimum atomic E-state index is 0.191. The molecule has 0 saturated carbocycles. The lowest BCUT2D eigenvalue weighted by Crippen LogP contribution is -2.48. The van der Waals surface area contributed by atoms with Gasteiger partial charge in [-0.25, -0.2) is 4.98 Å². The Labute approximate surface area is 112 Å². The predicted octanol–water partition coefficient (Wildman–Crippen LogP) is 2.53. The first-order valence-corrected chi connectivity index (χ1v) is 7.30. The molecule has 96 valence electrons. The summed E-state index contributed by atoms with van der Waals surface area (Å²) in [6, 6.07) is 8.86. The van der Waals surface area contributed by atoms with Gasteiger partial charge in [0.05, 0.1) is 10.2 Å². The third-order valence-corrected chi connectivity index (χ3v) is 4.76. The fourth-order valence-electron chi connectivity index (χ4n) is 2.59. The second-order valence-corrected chi connectivity index (χ2v) is 6.56. The zero-order valence-electron chi connectivity index (χ0n) is 10.9. The van der Waals surface area contributed by atoms with E-state index in [-0.39, 0.29) is 5.54 Å². The van der Waals surface area contributed by atoms with Crippen LogP contribution in [0.5, 0.6) is 0 Å². The largest absolute Gasteiger partial charge is 0.310 e. The van der Waals surface area contributed by atoms with Crippen LogP contribution in [0.3, 0.4) is 0 Å². The normalized spacial score (nSPS) is 22.7. The quantitative estimate of drug-likeness (QED) is 0.891. The van der Waals surface area contributed by atoms with Crippen LogP contribution in [0.15, 0.2) is 24.3 Å². The molecule has 4 heteroatoms. The van der Waals surface area contributed by atoms with Crippen molar-refractivity contribution in [3.63, 3.8) is 0 Å². The summed E-state index contributed by atoms with van der Waals surface area (Å²) < 4.78 is 1.28. The van der Waals surface area contributed by atoms with Crippen molar-refractivity contribution in [2.45, 2.75) is 38.4 Å². The molecule has 1 saturated heterocycles. The highest BCUT2D eigenvalue weighted by atomic mass is 32.1. The predicted molar refractivity (Wildman–Crippen MR) is 76.9 cm³/mol. The lowest BCUT2D eigenvalue weighted by molar-refractivity contribution is 0.350. The molecule has 2 N–H and O–H groups in total. The van der Waals surface area contributed by atoms with Gasteiger partial charge in [0.25, 0.3) is 0 Å². The molecule has 1 aliphatic rings. The highest BCUT2D eigenvalue weighted by Crippen LogP contribution is 2.23. The molecule has 3 rings (SSSR count). The zero-order chi connectivity index (χ0) is 12.6. The number of nitrogens with one attached hydrogen (secondary N) is 2. The highest BCUT2D eigenvalue weighted by Gasteiger charge is 2.33. The minimum Gasteiger partial charge on any atom is -0.310 e. The van der Waals surface area contributed by atoms with E-state index in [2.05, 4.69) is 47.7 Å². The third-order valence-electron chi connectivity index (χ3n) is 3.72. The Hall–Kier alpha value is -0.970. The summed E-state index contributed by atoms with van der Waals surface area (Å²) >= 11 is 1.79. The second-order valence-electron chi connectivity index (χ2n) is 5.45. The SMILES string of the molecule is CC1(C)NCCC1NCc1nc2ccccc2s1. The molecule has 1 atom stereocenters. The summed E-state index contributed by atoms with van der Waals surface area (Å²) in [6.45, 7) is 6.49. The number of hydrogen-bond acceptors (Lipinski definition) is 4. The third kappa shape index (κ3) is 2.28. The van der Waals surface area contributed by atoms with Gasteiger partial charge in [0.2, 0.25) is 0 Å². The molecular weight excluding hydrogens is 242 g/mol. The first-order chi connectivity index (χ1) is 8.65. The molecule has 1 fully saturated rings. The number of rotatable bonds is 3. The Balaban J connectivity index is 1.69. The monoisotopic (exact) mass is 261 g/mol. The lowest BCUT2D eigenvalue weighted by atomic mass is 9.97. The number of fused-ring (bicyclic) bond motifs is 1. The molecule has 2 heterocycles. The minimum absolute atomic E-state index is 0.191. The first-order valence-electron chi connectivity index (χ1n) is 6.48. The highest BCUT2D eigenvalue weighted by molar-refractivity contribution is 7.18. The summed E-state index contributed by atoms with van der Waals surface area (Å²) in [5.41, 5.74) is 1.31. The molecule has 18 heavy (non-hydrogen) atoms. The number of hydrogen-bond donors (Lipinski definition) is 2. The first kappa shape index (κ1) is 12.1. The number of para-hydroxylation sites is 1. The van der Waals surface area contributed by atoms with E-state index in [0.29, 0.717) is 6.04 Å². The van der Waals surface area contributed by atoms with Gasteiger partial charge in [-0.15, -0.1) is 11.3 Å². The van der Waals surface area contributed by atoms with Crippen LogP contribution in [0.4, 0.5) is 0 Å². The zero-order valence-corrected chi connectivity index (χ0v) is 11.7. The Morgan fingerprint density at radius 3 is 3.00 bits per heavy atom. The van der Waals surface area contributed by atoms with Crippen molar-refractivity contribution < 1.29 is 0 Å². The van der Waals surface area contributed by atoms with Gasteiger partial charge in [-0.2, -0.15) is 0 Å². The van der Waals surface area contributed by atoms with Gasteiger partial charge >= 0.3 is 0 Å². The van der Waals surface area contributed by atoms with Crippen LogP contribution < -0.4 is 10.6 Å².